The van der Waals surface area contributed by atoms with Crippen LogP contribution in [0.3, 0.4) is 0 Å². The largest absolute Gasteiger partial charge is 0.352 e. The number of nitrogens with one attached hydrogen (secondary N) is 1. The van der Waals surface area contributed by atoms with Gasteiger partial charge in [-0.1, -0.05) is 0 Å². The van der Waals surface area contributed by atoms with Gasteiger partial charge in [-0.15, -0.1) is 0 Å². The van der Waals surface area contributed by atoms with Gasteiger partial charge < -0.3 is 5.32 Å². The number of halogens is 2. The van der Waals surface area contributed by atoms with Crippen molar-refractivity contribution in [3.63, 3.8) is 0 Å². The summed E-state index contributed by atoms with van der Waals surface area (Å²) in [4.78, 5) is 11.8. The number of sulfonamides is 1. The molecular formula is C10H12BrIN2O3S. The summed E-state index contributed by atoms with van der Waals surface area (Å²) in [6.07, 6.45) is 0.298. The van der Waals surface area contributed by atoms with Crippen molar-refractivity contribution in [2.24, 2.45) is 5.14 Å². The molecule has 0 saturated carbocycles. The third-order valence-electron chi connectivity index (χ3n) is 2.06. The molecule has 0 bridgehead atoms. The molecule has 3 N–H and O–H groups in total. The highest BCUT2D eigenvalue weighted by Gasteiger charge is 2.10. The van der Waals surface area contributed by atoms with Crippen molar-refractivity contribution in [3.05, 3.63) is 31.8 Å². The van der Waals surface area contributed by atoms with Gasteiger partial charge in [0.2, 0.25) is 10.0 Å². The molecule has 0 spiro atoms. The first-order valence-corrected chi connectivity index (χ1v) is 8.62. The molecule has 0 atom stereocenters. The Bertz CT molecular complexity index is 548. The van der Waals surface area contributed by atoms with Crippen LogP contribution >= 0.6 is 38.5 Å². The van der Waals surface area contributed by atoms with Crippen LogP contribution in [0.5, 0.6) is 0 Å². The van der Waals surface area contributed by atoms with E-state index in [1.54, 1.807) is 12.1 Å². The lowest BCUT2D eigenvalue weighted by Gasteiger charge is -2.07. The van der Waals surface area contributed by atoms with Gasteiger partial charge in [0.25, 0.3) is 5.91 Å². The molecule has 0 heterocycles. The highest BCUT2D eigenvalue weighted by atomic mass is 127. The standard InChI is InChI=1S/C10H12BrIN2O3S/c11-9-3-2-7(12)6-8(9)10(15)14-4-1-5-18(13,16)17/h2-3,6H,1,4-5H2,(H,14,15)(H2,13,16,17). The van der Waals surface area contributed by atoms with Gasteiger partial charge in [0.1, 0.15) is 0 Å². The molecule has 0 fully saturated rings. The van der Waals surface area contributed by atoms with Crippen LogP contribution < -0.4 is 10.5 Å². The van der Waals surface area contributed by atoms with Crippen molar-refractivity contribution in [1.29, 1.82) is 0 Å². The van der Waals surface area contributed by atoms with E-state index in [1.807, 2.05) is 6.07 Å². The Morgan fingerprint density at radius 2 is 2.11 bits per heavy atom. The molecule has 0 radical (unpaired) electrons. The second-order valence-electron chi connectivity index (χ2n) is 3.60. The third kappa shape index (κ3) is 5.63. The Kier molecular flexibility index (Phi) is 6.02. The predicted octanol–water partition coefficient (Wildman–Crippen LogP) is 1.46. The minimum absolute atomic E-state index is 0.138. The summed E-state index contributed by atoms with van der Waals surface area (Å²) in [5, 5.41) is 7.51. The molecule has 8 heteroatoms. The van der Waals surface area contributed by atoms with E-state index in [-0.39, 0.29) is 18.2 Å². The molecule has 0 unspecified atom stereocenters. The zero-order valence-corrected chi connectivity index (χ0v) is 13.9. The van der Waals surface area contributed by atoms with Crippen molar-refractivity contribution in [3.8, 4) is 0 Å². The van der Waals surface area contributed by atoms with Crippen molar-refractivity contribution in [2.75, 3.05) is 12.3 Å². The van der Waals surface area contributed by atoms with E-state index >= 15 is 0 Å². The summed E-state index contributed by atoms with van der Waals surface area (Å²) >= 11 is 5.41. The van der Waals surface area contributed by atoms with Crippen molar-refractivity contribution in [2.45, 2.75) is 6.42 Å². The Morgan fingerprint density at radius 1 is 1.44 bits per heavy atom. The predicted molar refractivity (Wildman–Crippen MR) is 81.8 cm³/mol. The molecule has 0 aromatic heterocycles. The van der Waals surface area contributed by atoms with Crippen LogP contribution in [-0.4, -0.2) is 26.6 Å². The van der Waals surface area contributed by atoms with Crippen LogP contribution in [0.2, 0.25) is 0 Å². The molecule has 5 nitrogen and oxygen atoms in total. The number of primary sulfonamides is 1. The second-order valence-corrected chi connectivity index (χ2v) is 7.43. The van der Waals surface area contributed by atoms with Crippen LogP contribution in [0.25, 0.3) is 0 Å². The maximum atomic E-state index is 11.8. The van der Waals surface area contributed by atoms with Gasteiger partial charge in [0.05, 0.1) is 11.3 Å². The normalized spacial score (nSPS) is 11.3. The Labute approximate surface area is 128 Å². The summed E-state index contributed by atoms with van der Waals surface area (Å²) in [7, 11) is -3.46. The maximum absolute atomic E-state index is 11.8. The molecule has 0 aliphatic carbocycles. The Balaban J connectivity index is 2.53. The maximum Gasteiger partial charge on any atom is 0.252 e. The number of nitrogens with two attached hydrogens (primary N) is 1. The van der Waals surface area contributed by atoms with E-state index < -0.39 is 10.0 Å². The number of carbonyl (C=O) groups is 1. The van der Waals surface area contributed by atoms with E-state index in [1.165, 1.54) is 0 Å². The van der Waals surface area contributed by atoms with Gasteiger partial charge in [-0.05, 0) is 63.1 Å². The Hall–Kier alpha value is -0.190. The van der Waals surface area contributed by atoms with E-state index in [4.69, 9.17) is 5.14 Å². The second kappa shape index (κ2) is 6.83. The van der Waals surface area contributed by atoms with E-state index in [2.05, 4.69) is 43.8 Å². The zero-order valence-electron chi connectivity index (χ0n) is 9.32. The quantitative estimate of drug-likeness (QED) is 0.530. The minimum atomic E-state index is -3.46. The monoisotopic (exact) mass is 446 g/mol. The number of hydrogen-bond acceptors (Lipinski definition) is 3. The molecule has 1 rings (SSSR count). The summed E-state index contributed by atoms with van der Waals surface area (Å²) in [6, 6.07) is 5.42. The van der Waals surface area contributed by atoms with Gasteiger partial charge in [-0.3, -0.25) is 4.79 Å². The lowest BCUT2D eigenvalue weighted by molar-refractivity contribution is 0.0953. The average molecular weight is 447 g/mol. The molecule has 100 valence electrons. The SMILES string of the molecule is NS(=O)(=O)CCCNC(=O)c1cc(I)ccc1Br. The van der Waals surface area contributed by atoms with Crippen molar-refractivity contribution in [1.82, 2.24) is 5.32 Å². The molecule has 18 heavy (non-hydrogen) atoms. The molecule has 0 saturated heterocycles. The number of amides is 1. The number of benzene rings is 1. The molecule has 1 aromatic carbocycles. The van der Waals surface area contributed by atoms with Gasteiger partial charge in [-0.25, -0.2) is 13.6 Å². The minimum Gasteiger partial charge on any atom is -0.352 e. The molecule has 0 aliphatic heterocycles. The van der Waals surface area contributed by atoms with Crippen LogP contribution in [0.1, 0.15) is 16.8 Å². The fourth-order valence-corrected chi connectivity index (χ4v) is 2.71. The Morgan fingerprint density at radius 3 is 2.72 bits per heavy atom. The summed E-state index contributed by atoms with van der Waals surface area (Å²) in [6.45, 7) is 0.271. The topological polar surface area (TPSA) is 89.3 Å². The molecule has 1 aromatic rings. The third-order valence-corrected chi connectivity index (χ3v) is 4.28. The summed E-state index contributed by atoms with van der Waals surface area (Å²) in [5.41, 5.74) is 0.525. The fourth-order valence-electron chi connectivity index (χ4n) is 1.24. The van der Waals surface area contributed by atoms with Crippen LogP contribution in [0.4, 0.5) is 0 Å². The highest BCUT2D eigenvalue weighted by molar-refractivity contribution is 14.1. The fraction of sp³-hybridized carbons (Fsp3) is 0.300. The summed E-state index contributed by atoms with van der Waals surface area (Å²) in [5.74, 6) is -0.379. The van der Waals surface area contributed by atoms with Crippen molar-refractivity contribution < 1.29 is 13.2 Å². The van der Waals surface area contributed by atoms with Gasteiger partial charge in [-0.2, -0.15) is 0 Å². The van der Waals surface area contributed by atoms with E-state index in [0.717, 1.165) is 3.57 Å². The van der Waals surface area contributed by atoms with Crippen LogP contribution in [0.15, 0.2) is 22.7 Å². The van der Waals surface area contributed by atoms with Gasteiger partial charge in [0.15, 0.2) is 0 Å². The van der Waals surface area contributed by atoms with Gasteiger partial charge in [0, 0.05) is 14.6 Å². The smallest absolute Gasteiger partial charge is 0.252 e. The lowest BCUT2D eigenvalue weighted by Crippen LogP contribution is -2.27. The first kappa shape index (κ1) is 15.9. The first-order valence-electron chi connectivity index (χ1n) is 5.03. The van der Waals surface area contributed by atoms with E-state index in [9.17, 15) is 13.2 Å². The molecule has 1 amide bonds. The number of rotatable bonds is 5. The number of carbonyl (C=O) groups excluding carboxylic acids is 1. The van der Waals surface area contributed by atoms with Crippen molar-refractivity contribution >= 4 is 54.5 Å². The first-order chi connectivity index (χ1) is 8.29. The van der Waals surface area contributed by atoms with Crippen LogP contribution in [-0.2, 0) is 10.0 Å². The van der Waals surface area contributed by atoms with Crippen LogP contribution in [0, 0.1) is 3.57 Å². The average Bonchev–Trinajstić information content (AvgIpc) is 2.26. The molecule has 0 aliphatic rings. The lowest BCUT2D eigenvalue weighted by atomic mass is 10.2. The van der Waals surface area contributed by atoms with E-state index in [0.29, 0.717) is 16.5 Å². The van der Waals surface area contributed by atoms with Gasteiger partial charge >= 0.3 is 0 Å². The summed E-state index contributed by atoms with van der Waals surface area (Å²) < 4.78 is 23.1. The molecular weight excluding hydrogens is 435 g/mol. The zero-order chi connectivity index (χ0) is 13.8. The highest BCUT2D eigenvalue weighted by Crippen LogP contribution is 2.19. The number of hydrogen-bond donors (Lipinski definition) is 2.